The maximum absolute atomic E-state index is 12.5. The van der Waals surface area contributed by atoms with E-state index >= 15 is 0 Å². The molecule has 2 aromatic carbocycles. The van der Waals surface area contributed by atoms with E-state index in [1.165, 1.54) is 16.2 Å². The highest BCUT2D eigenvalue weighted by molar-refractivity contribution is 7.16. The number of nitrogens with one attached hydrogen (secondary N) is 1. The zero-order chi connectivity index (χ0) is 17.1. The summed E-state index contributed by atoms with van der Waals surface area (Å²) in [5.74, 6) is -0.483. The van der Waals surface area contributed by atoms with Gasteiger partial charge in [0.1, 0.15) is 0 Å². The topological polar surface area (TPSA) is 62.3 Å². The third-order valence-corrected chi connectivity index (χ3v) is 4.48. The lowest BCUT2D eigenvalue weighted by atomic mass is 10.2. The zero-order valence-corrected chi connectivity index (χ0v) is 14.4. The Morgan fingerprint density at radius 3 is 2.71 bits per heavy atom. The molecule has 2 amide bonds. The number of hydrogen-bond acceptors (Lipinski definition) is 4. The second kappa shape index (κ2) is 6.98. The molecule has 0 spiro atoms. The Morgan fingerprint density at radius 1 is 1.21 bits per heavy atom. The van der Waals surface area contributed by atoms with E-state index in [1.54, 1.807) is 55.0 Å². The summed E-state index contributed by atoms with van der Waals surface area (Å²) < 4.78 is 0.944. The van der Waals surface area contributed by atoms with Gasteiger partial charge in [0.2, 0.25) is 5.91 Å². The molecule has 0 fully saturated rings. The fourth-order valence-electron chi connectivity index (χ4n) is 2.23. The number of rotatable bonds is 4. The normalized spacial score (nSPS) is 10.6. The number of aromatic nitrogens is 1. The van der Waals surface area contributed by atoms with E-state index in [4.69, 9.17) is 11.6 Å². The van der Waals surface area contributed by atoms with Crippen LogP contribution in [0.2, 0.25) is 5.02 Å². The molecular formula is C17H14ClN3O2S. The molecule has 0 radical (unpaired) electrons. The molecule has 7 heteroatoms. The fourth-order valence-corrected chi connectivity index (χ4v) is 3.07. The Hall–Kier alpha value is -2.44. The van der Waals surface area contributed by atoms with Crippen molar-refractivity contribution >= 4 is 50.7 Å². The summed E-state index contributed by atoms with van der Waals surface area (Å²) in [6.07, 6.45) is 0. The number of carbonyl (C=O) groups excluding carboxylic acids is 2. The molecule has 0 aliphatic carbocycles. The first kappa shape index (κ1) is 16.4. The summed E-state index contributed by atoms with van der Waals surface area (Å²) in [5.41, 5.74) is 3.77. The van der Waals surface area contributed by atoms with Gasteiger partial charge in [-0.05, 0) is 42.5 Å². The molecule has 0 bridgehead atoms. The Labute approximate surface area is 147 Å². The minimum absolute atomic E-state index is 0.0395. The average molecular weight is 360 g/mol. The van der Waals surface area contributed by atoms with E-state index in [-0.39, 0.29) is 18.4 Å². The number of fused-ring (bicyclic) bond motifs is 1. The van der Waals surface area contributed by atoms with Crippen LogP contribution in [0.1, 0.15) is 10.4 Å². The van der Waals surface area contributed by atoms with Crippen LogP contribution in [0.3, 0.4) is 0 Å². The van der Waals surface area contributed by atoms with Gasteiger partial charge in [-0.3, -0.25) is 9.59 Å². The summed E-state index contributed by atoms with van der Waals surface area (Å²) in [6, 6.07) is 12.1. The van der Waals surface area contributed by atoms with Gasteiger partial charge in [0, 0.05) is 23.3 Å². The SMILES string of the molecule is CN(CC(=O)Nc1ccc(Cl)cc1)C(=O)c1ccc2ncsc2c1. The van der Waals surface area contributed by atoms with Gasteiger partial charge in [0.05, 0.1) is 22.3 Å². The van der Waals surface area contributed by atoms with Crippen molar-refractivity contribution in [2.24, 2.45) is 0 Å². The number of likely N-dealkylation sites (N-methyl/N-ethyl adjacent to an activating group) is 1. The van der Waals surface area contributed by atoms with E-state index in [2.05, 4.69) is 10.3 Å². The average Bonchev–Trinajstić information content (AvgIpc) is 3.03. The summed E-state index contributed by atoms with van der Waals surface area (Å²) in [5, 5.41) is 3.33. The van der Waals surface area contributed by atoms with Gasteiger partial charge in [-0.2, -0.15) is 0 Å². The predicted octanol–water partition coefficient (Wildman–Crippen LogP) is 3.66. The van der Waals surface area contributed by atoms with Crippen LogP contribution in [-0.2, 0) is 4.79 Å². The molecule has 0 atom stereocenters. The smallest absolute Gasteiger partial charge is 0.254 e. The maximum Gasteiger partial charge on any atom is 0.254 e. The third-order valence-electron chi connectivity index (χ3n) is 3.43. The van der Waals surface area contributed by atoms with Crippen LogP contribution >= 0.6 is 22.9 Å². The van der Waals surface area contributed by atoms with Crippen molar-refractivity contribution in [1.29, 1.82) is 0 Å². The van der Waals surface area contributed by atoms with Crippen molar-refractivity contribution < 1.29 is 9.59 Å². The second-order valence-corrected chi connectivity index (χ2v) is 6.57. The number of halogens is 1. The first-order valence-corrected chi connectivity index (χ1v) is 8.43. The molecule has 0 aliphatic rings. The van der Waals surface area contributed by atoms with Crippen LogP contribution in [0, 0.1) is 0 Å². The van der Waals surface area contributed by atoms with E-state index in [1.807, 2.05) is 0 Å². The van der Waals surface area contributed by atoms with E-state index in [0.717, 1.165) is 10.2 Å². The molecule has 122 valence electrons. The van der Waals surface area contributed by atoms with E-state index < -0.39 is 0 Å². The largest absolute Gasteiger partial charge is 0.332 e. The molecule has 0 saturated heterocycles. The molecule has 3 aromatic rings. The lowest BCUT2D eigenvalue weighted by Crippen LogP contribution is -2.34. The summed E-state index contributed by atoms with van der Waals surface area (Å²) >= 11 is 7.28. The molecule has 1 N–H and O–H groups in total. The standard InChI is InChI=1S/C17H14ClN3O2S/c1-21(9-16(22)20-13-5-3-12(18)4-6-13)17(23)11-2-7-14-15(8-11)24-10-19-14/h2-8,10H,9H2,1H3,(H,20,22). The quantitative estimate of drug-likeness (QED) is 0.773. The highest BCUT2D eigenvalue weighted by Gasteiger charge is 2.16. The van der Waals surface area contributed by atoms with Gasteiger partial charge in [-0.1, -0.05) is 11.6 Å². The molecule has 0 unspecified atom stereocenters. The van der Waals surface area contributed by atoms with Crippen molar-refractivity contribution in [3.63, 3.8) is 0 Å². The lowest BCUT2D eigenvalue weighted by molar-refractivity contribution is -0.116. The molecular weight excluding hydrogens is 346 g/mol. The Balaban J connectivity index is 1.64. The first-order valence-electron chi connectivity index (χ1n) is 7.17. The molecule has 3 rings (SSSR count). The lowest BCUT2D eigenvalue weighted by Gasteiger charge is -2.17. The monoisotopic (exact) mass is 359 g/mol. The van der Waals surface area contributed by atoms with Crippen LogP contribution in [0.25, 0.3) is 10.2 Å². The van der Waals surface area contributed by atoms with Crippen molar-refractivity contribution in [2.45, 2.75) is 0 Å². The van der Waals surface area contributed by atoms with Gasteiger partial charge in [-0.25, -0.2) is 4.98 Å². The van der Waals surface area contributed by atoms with Crippen LogP contribution in [0.15, 0.2) is 48.0 Å². The number of thiazole rings is 1. The number of benzene rings is 2. The van der Waals surface area contributed by atoms with E-state index in [0.29, 0.717) is 16.3 Å². The van der Waals surface area contributed by atoms with Crippen LogP contribution in [0.5, 0.6) is 0 Å². The predicted molar refractivity (Wildman–Crippen MR) is 96.7 cm³/mol. The van der Waals surface area contributed by atoms with Crippen LogP contribution in [0.4, 0.5) is 5.69 Å². The number of amides is 2. The number of anilines is 1. The molecule has 24 heavy (non-hydrogen) atoms. The Morgan fingerprint density at radius 2 is 1.96 bits per heavy atom. The van der Waals surface area contributed by atoms with Gasteiger partial charge in [0.25, 0.3) is 5.91 Å². The first-order chi connectivity index (χ1) is 11.5. The minimum Gasteiger partial charge on any atom is -0.332 e. The van der Waals surface area contributed by atoms with Gasteiger partial charge in [0.15, 0.2) is 0 Å². The van der Waals surface area contributed by atoms with Crippen LogP contribution < -0.4 is 5.32 Å². The van der Waals surface area contributed by atoms with E-state index in [9.17, 15) is 9.59 Å². The van der Waals surface area contributed by atoms with Gasteiger partial charge in [-0.15, -0.1) is 11.3 Å². The zero-order valence-electron chi connectivity index (χ0n) is 12.8. The van der Waals surface area contributed by atoms with Crippen LogP contribution in [-0.4, -0.2) is 35.3 Å². The molecule has 0 aliphatic heterocycles. The maximum atomic E-state index is 12.5. The summed E-state index contributed by atoms with van der Waals surface area (Å²) in [7, 11) is 1.60. The summed E-state index contributed by atoms with van der Waals surface area (Å²) in [6.45, 7) is -0.0395. The number of carbonyl (C=O) groups is 2. The molecule has 5 nitrogen and oxygen atoms in total. The Kier molecular flexibility index (Phi) is 4.78. The summed E-state index contributed by atoms with van der Waals surface area (Å²) in [4.78, 5) is 30.1. The number of nitrogens with zero attached hydrogens (tertiary/aromatic N) is 2. The van der Waals surface area contributed by atoms with Crippen molar-refractivity contribution in [2.75, 3.05) is 18.9 Å². The minimum atomic E-state index is -0.271. The second-order valence-electron chi connectivity index (χ2n) is 5.25. The van der Waals surface area contributed by atoms with Crippen molar-refractivity contribution in [3.8, 4) is 0 Å². The fraction of sp³-hybridized carbons (Fsp3) is 0.118. The Bertz CT molecular complexity index is 892. The third kappa shape index (κ3) is 3.72. The highest BCUT2D eigenvalue weighted by Crippen LogP contribution is 2.20. The molecule has 1 heterocycles. The van der Waals surface area contributed by atoms with Crippen molar-refractivity contribution in [1.82, 2.24) is 9.88 Å². The molecule has 0 saturated carbocycles. The van der Waals surface area contributed by atoms with Crippen molar-refractivity contribution in [3.05, 3.63) is 58.6 Å². The highest BCUT2D eigenvalue weighted by atomic mass is 35.5. The van der Waals surface area contributed by atoms with Gasteiger partial charge >= 0.3 is 0 Å². The van der Waals surface area contributed by atoms with Gasteiger partial charge < -0.3 is 10.2 Å². The number of hydrogen-bond donors (Lipinski definition) is 1. The molecule has 1 aromatic heterocycles.